The van der Waals surface area contributed by atoms with Crippen LogP contribution >= 0.6 is 0 Å². The molecule has 1 saturated heterocycles. The van der Waals surface area contributed by atoms with Crippen LogP contribution < -0.4 is 15.5 Å². The number of aryl methyl sites for hydroxylation is 1. The predicted octanol–water partition coefficient (Wildman–Crippen LogP) is 2.01. The fourth-order valence-corrected chi connectivity index (χ4v) is 4.53. The molecule has 9 heteroatoms. The van der Waals surface area contributed by atoms with Gasteiger partial charge in [-0.05, 0) is 31.6 Å². The molecule has 3 aliphatic rings. The van der Waals surface area contributed by atoms with Gasteiger partial charge in [0.1, 0.15) is 11.5 Å². The molecule has 2 saturated carbocycles. The maximum Gasteiger partial charge on any atom is 0.275 e. The van der Waals surface area contributed by atoms with E-state index < -0.39 is 11.7 Å². The number of halogens is 1. The average Bonchev–Trinajstić information content (AvgIpc) is 3.56. The van der Waals surface area contributed by atoms with Gasteiger partial charge in [0.2, 0.25) is 0 Å². The third-order valence-electron chi connectivity index (χ3n) is 6.28. The Labute approximate surface area is 172 Å². The summed E-state index contributed by atoms with van der Waals surface area (Å²) in [6.45, 7) is 3.76. The van der Waals surface area contributed by atoms with Crippen molar-refractivity contribution in [1.29, 1.82) is 0 Å². The maximum atomic E-state index is 14.2. The molecule has 6 rings (SSSR count). The van der Waals surface area contributed by atoms with Crippen LogP contribution in [-0.4, -0.2) is 50.4 Å². The van der Waals surface area contributed by atoms with Crippen LogP contribution in [0.15, 0.2) is 30.9 Å². The number of imidazole rings is 1. The van der Waals surface area contributed by atoms with Crippen LogP contribution in [0.2, 0.25) is 0 Å². The molecular formula is C21H22FN7O. The number of aromatic nitrogens is 4. The van der Waals surface area contributed by atoms with Crippen LogP contribution in [0.5, 0.6) is 0 Å². The number of nitrogens with one attached hydrogen (secondary N) is 2. The van der Waals surface area contributed by atoms with Gasteiger partial charge < -0.3 is 19.9 Å². The molecule has 3 aromatic heterocycles. The zero-order valence-electron chi connectivity index (χ0n) is 16.5. The lowest BCUT2D eigenvalue weighted by Crippen LogP contribution is -2.32. The Morgan fingerprint density at radius 1 is 1.17 bits per heavy atom. The molecule has 0 aromatic carbocycles. The van der Waals surface area contributed by atoms with Gasteiger partial charge in [-0.25, -0.2) is 19.3 Å². The van der Waals surface area contributed by atoms with Crippen molar-refractivity contribution in [1.82, 2.24) is 24.7 Å². The lowest BCUT2D eigenvalue weighted by molar-refractivity contribution is 0.102. The van der Waals surface area contributed by atoms with Crippen molar-refractivity contribution in [3.8, 4) is 0 Å². The van der Waals surface area contributed by atoms with E-state index in [1.807, 2.05) is 0 Å². The highest BCUT2D eigenvalue weighted by molar-refractivity contribution is 6.02. The first kappa shape index (κ1) is 17.8. The van der Waals surface area contributed by atoms with Crippen molar-refractivity contribution in [2.24, 2.45) is 11.8 Å². The lowest BCUT2D eigenvalue weighted by Gasteiger charge is -2.20. The molecule has 0 spiro atoms. The highest BCUT2D eigenvalue weighted by Gasteiger charge is 2.57. The van der Waals surface area contributed by atoms with E-state index in [9.17, 15) is 9.18 Å². The van der Waals surface area contributed by atoms with Crippen molar-refractivity contribution < 1.29 is 9.18 Å². The summed E-state index contributed by atoms with van der Waals surface area (Å²) in [5.74, 6) is 1.27. The molecule has 4 heterocycles. The van der Waals surface area contributed by atoms with Gasteiger partial charge in [-0.3, -0.25) is 4.79 Å². The van der Waals surface area contributed by atoms with Crippen LogP contribution in [0.3, 0.4) is 0 Å². The fourth-order valence-electron chi connectivity index (χ4n) is 4.53. The zero-order chi connectivity index (χ0) is 20.4. The Morgan fingerprint density at radius 3 is 2.67 bits per heavy atom. The number of carbonyl (C=O) groups is 1. The molecule has 2 aliphatic carbocycles. The maximum absolute atomic E-state index is 14.2. The molecule has 3 atom stereocenters. The standard InChI is InChI=1S/C21H22FN7O/c1-11-7-29-8-13(4-16(22)20(29)25-11)27-21(30)17-5-24-18(6-23-17)28-9-14-15(10-28)19(14)26-12-2-3-12/h4-8,12,14-15,19,26H,2-3,9-10H2,1H3,(H,27,30)/t14-,15+,19+. The number of piperidine rings is 1. The van der Waals surface area contributed by atoms with Gasteiger partial charge in [0.15, 0.2) is 11.5 Å². The summed E-state index contributed by atoms with van der Waals surface area (Å²) >= 11 is 0. The van der Waals surface area contributed by atoms with Crippen molar-refractivity contribution in [3.05, 3.63) is 48.1 Å². The molecule has 1 amide bonds. The third-order valence-corrected chi connectivity index (χ3v) is 6.28. The largest absolute Gasteiger partial charge is 0.355 e. The molecule has 30 heavy (non-hydrogen) atoms. The van der Waals surface area contributed by atoms with E-state index in [-0.39, 0.29) is 11.3 Å². The SMILES string of the molecule is Cc1cn2cc(NC(=O)c3cnc(N4C[C@@H]5[C@H](C4)[C@H]5NC4CC4)cn3)cc(F)c2n1. The summed E-state index contributed by atoms with van der Waals surface area (Å²) in [5, 5.41) is 6.40. The Kier molecular flexibility index (Phi) is 3.83. The van der Waals surface area contributed by atoms with Crippen molar-refractivity contribution >= 4 is 23.1 Å². The quantitative estimate of drug-likeness (QED) is 0.673. The van der Waals surface area contributed by atoms with Crippen LogP contribution in [-0.2, 0) is 0 Å². The molecule has 0 unspecified atom stereocenters. The molecule has 0 bridgehead atoms. The van der Waals surface area contributed by atoms with Crippen molar-refractivity contribution in [2.45, 2.75) is 31.8 Å². The number of anilines is 2. The van der Waals surface area contributed by atoms with E-state index >= 15 is 0 Å². The first-order chi connectivity index (χ1) is 14.5. The van der Waals surface area contributed by atoms with E-state index in [0.717, 1.165) is 24.9 Å². The van der Waals surface area contributed by atoms with Gasteiger partial charge in [0, 0.05) is 43.6 Å². The van der Waals surface area contributed by atoms with Crippen molar-refractivity contribution in [2.75, 3.05) is 23.3 Å². The average molecular weight is 407 g/mol. The molecule has 0 radical (unpaired) electrons. The second kappa shape index (κ2) is 6.46. The lowest BCUT2D eigenvalue weighted by atomic mass is 10.3. The molecule has 3 aromatic rings. The Balaban J connectivity index is 1.11. The second-order valence-electron chi connectivity index (χ2n) is 8.60. The van der Waals surface area contributed by atoms with E-state index in [4.69, 9.17) is 0 Å². The fraction of sp³-hybridized carbons (Fsp3) is 0.429. The number of hydrogen-bond acceptors (Lipinski definition) is 6. The number of rotatable bonds is 5. The summed E-state index contributed by atoms with van der Waals surface area (Å²) in [5.41, 5.74) is 1.46. The van der Waals surface area contributed by atoms with Crippen molar-refractivity contribution in [3.63, 3.8) is 0 Å². The number of fused-ring (bicyclic) bond motifs is 2. The highest BCUT2D eigenvalue weighted by atomic mass is 19.1. The van der Waals surface area contributed by atoms with Crippen LogP contribution in [0.4, 0.5) is 15.9 Å². The Morgan fingerprint density at radius 2 is 1.97 bits per heavy atom. The van der Waals surface area contributed by atoms with Gasteiger partial charge in [0.05, 0.1) is 23.8 Å². The minimum Gasteiger partial charge on any atom is -0.355 e. The molecule has 154 valence electrons. The van der Waals surface area contributed by atoms with Crippen LogP contribution in [0.1, 0.15) is 29.0 Å². The van der Waals surface area contributed by atoms with E-state index in [1.165, 1.54) is 25.1 Å². The van der Waals surface area contributed by atoms with Crippen LogP contribution in [0, 0.1) is 24.6 Å². The first-order valence-electron chi connectivity index (χ1n) is 10.3. The number of nitrogens with zero attached hydrogens (tertiary/aromatic N) is 5. The molecule has 3 fully saturated rings. The first-order valence-corrected chi connectivity index (χ1v) is 10.3. The number of hydrogen-bond donors (Lipinski definition) is 2. The monoisotopic (exact) mass is 407 g/mol. The second-order valence-corrected chi connectivity index (χ2v) is 8.60. The highest BCUT2D eigenvalue weighted by Crippen LogP contribution is 2.47. The van der Waals surface area contributed by atoms with E-state index in [2.05, 4.69) is 30.5 Å². The Hall–Kier alpha value is -3.07. The molecular weight excluding hydrogens is 385 g/mol. The van der Waals surface area contributed by atoms with E-state index in [0.29, 0.717) is 29.3 Å². The van der Waals surface area contributed by atoms with Gasteiger partial charge in [-0.15, -0.1) is 0 Å². The zero-order valence-corrected chi connectivity index (χ0v) is 16.5. The van der Waals surface area contributed by atoms with Gasteiger partial charge in [-0.2, -0.15) is 0 Å². The summed E-state index contributed by atoms with van der Waals surface area (Å²) in [7, 11) is 0. The minimum atomic E-state index is -0.496. The van der Waals surface area contributed by atoms with Gasteiger partial charge in [-0.1, -0.05) is 0 Å². The number of carbonyl (C=O) groups excluding carboxylic acids is 1. The van der Waals surface area contributed by atoms with E-state index in [1.54, 1.807) is 29.9 Å². The smallest absolute Gasteiger partial charge is 0.275 e. The third kappa shape index (κ3) is 3.09. The minimum absolute atomic E-state index is 0.193. The summed E-state index contributed by atoms with van der Waals surface area (Å²) in [4.78, 5) is 27.6. The summed E-state index contributed by atoms with van der Waals surface area (Å²) in [6.07, 6.45) is 9.08. The summed E-state index contributed by atoms with van der Waals surface area (Å²) in [6, 6.07) is 2.67. The van der Waals surface area contributed by atoms with Gasteiger partial charge >= 0.3 is 0 Å². The predicted molar refractivity (Wildman–Crippen MR) is 109 cm³/mol. The molecule has 2 N–H and O–H groups in total. The summed E-state index contributed by atoms with van der Waals surface area (Å²) < 4.78 is 15.8. The topological polar surface area (TPSA) is 87.5 Å². The number of pyridine rings is 1. The van der Waals surface area contributed by atoms with Crippen LogP contribution in [0.25, 0.3) is 5.65 Å². The Bertz CT molecular complexity index is 1130. The van der Waals surface area contributed by atoms with Gasteiger partial charge in [0.25, 0.3) is 5.91 Å². The molecule has 8 nitrogen and oxygen atoms in total. The normalized spacial score (nSPS) is 24.9. The molecule has 1 aliphatic heterocycles. The number of amides is 1.